The summed E-state index contributed by atoms with van der Waals surface area (Å²) in [5.74, 6) is 3.06. The van der Waals surface area contributed by atoms with E-state index in [9.17, 15) is 0 Å². The Morgan fingerprint density at radius 2 is 1.24 bits per heavy atom. The number of aromatic nitrogens is 3. The van der Waals surface area contributed by atoms with Gasteiger partial charge in [0.25, 0.3) is 0 Å². The molecule has 6 aromatic carbocycles. The van der Waals surface area contributed by atoms with Crippen LogP contribution in [0.15, 0.2) is 185 Å². The molecule has 5 nitrogen and oxygen atoms in total. The lowest BCUT2D eigenvalue weighted by Gasteiger charge is -2.28. The molecule has 3 aliphatic carbocycles. The van der Waals surface area contributed by atoms with E-state index in [0.717, 1.165) is 84.7 Å². The average molecular weight is 746 g/mol. The zero-order chi connectivity index (χ0) is 38.2. The van der Waals surface area contributed by atoms with Gasteiger partial charge in [-0.3, -0.25) is 0 Å². The van der Waals surface area contributed by atoms with Crippen molar-refractivity contribution in [1.82, 2.24) is 15.0 Å². The van der Waals surface area contributed by atoms with Gasteiger partial charge in [-0.1, -0.05) is 146 Å². The molecule has 2 atom stereocenters. The highest BCUT2D eigenvalue weighted by atomic mass is 16.3. The number of rotatable bonds is 5. The van der Waals surface area contributed by atoms with Crippen LogP contribution in [-0.4, -0.2) is 15.0 Å². The number of para-hydroxylation sites is 2. The second-order valence-corrected chi connectivity index (χ2v) is 15.4. The molecule has 0 saturated heterocycles. The Hall–Kier alpha value is -7.37. The van der Waals surface area contributed by atoms with Gasteiger partial charge in [-0.2, -0.15) is 0 Å². The third-order valence-electron chi connectivity index (χ3n) is 11.9. The number of hydrogen-bond acceptors (Lipinski definition) is 5. The first-order valence-electron chi connectivity index (χ1n) is 20.0. The summed E-state index contributed by atoms with van der Waals surface area (Å²) in [5.41, 5.74) is 11.0. The van der Waals surface area contributed by atoms with E-state index in [4.69, 9.17) is 23.8 Å². The van der Waals surface area contributed by atoms with Crippen molar-refractivity contribution in [3.05, 3.63) is 198 Å². The molecule has 58 heavy (non-hydrogen) atoms. The highest BCUT2D eigenvalue weighted by Crippen LogP contribution is 2.49. The standard InChI is InChI=1S/C53H35N3O2/c1-2-12-32(13-3-1)34-22-25-35(26-23-34)51-54-52(38-27-24-33-14-4-5-15-36(33)28-38)56-53(55-51)44-30-39(31-47-48(44)41-18-8-10-20-45(41)57-47)43-29-37-16-6-7-17-40(37)49-42-19-9-11-21-46(42)58-50(43)49/h1-2,4-12,14-31,37,40H,3,13H2. The number of benzene rings is 6. The highest BCUT2D eigenvalue weighted by molar-refractivity contribution is 6.13. The van der Waals surface area contributed by atoms with Crippen LogP contribution < -0.4 is 0 Å². The topological polar surface area (TPSA) is 65.0 Å². The number of allylic oxidation sites excluding steroid dienone is 9. The van der Waals surface area contributed by atoms with Crippen molar-refractivity contribution >= 4 is 54.8 Å². The molecule has 0 fully saturated rings. The Morgan fingerprint density at radius 1 is 0.534 bits per heavy atom. The summed E-state index contributed by atoms with van der Waals surface area (Å²) in [6.07, 6.45) is 19.9. The highest BCUT2D eigenvalue weighted by Gasteiger charge is 2.34. The van der Waals surface area contributed by atoms with E-state index in [1.807, 2.05) is 18.2 Å². The molecular weight excluding hydrogens is 711 g/mol. The Balaban J connectivity index is 1.10. The number of furan rings is 2. The summed E-state index contributed by atoms with van der Waals surface area (Å²) in [5, 5.41) is 5.41. The normalized spacial score (nSPS) is 17.2. The molecule has 0 N–H and O–H groups in total. The monoisotopic (exact) mass is 745 g/mol. The quantitative estimate of drug-likeness (QED) is 0.175. The van der Waals surface area contributed by atoms with Crippen molar-refractivity contribution in [3.8, 4) is 34.2 Å². The van der Waals surface area contributed by atoms with Crippen LogP contribution in [0.2, 0.25) is 0 Å². The fraction of sp³-hybridized carbons (Fsp3) is 0.0755. The lowest BCUT2D eigenvalue weighted by molar-refractivity contribution is 0.573. The van der Waals surface area contributed by atoms with Gasteiger partial charge in [0.2, 0.25) is 0 Å². The predicted octanol–water partition coefficient (Wildman–Crippen LogP) is 13.7. The fourth-order valence-corrected chi connectivity index (χ4v) is 9.11. The molecule has 274 valence electrons. The molecule has 0 spiro atoms. The van der Waals surface area contributed by atoms with E-state index in [-0.39, 0.29) is 11.8 Å². The second kappa shape index (κ2) is 13.1. The fourth-order valence-electron chi connectivity index (χ4n) is 9.11. The SMILES string of the molecule is C1=CCCC(c2ccc(-c3nc(-c4ccc5ccccc5c4)nc(-c4cc(C5=CC6C=CC=CC6c6c5oc5ccccc65)cc5oc6ccccc6c45)n3)cc2)=C1. The van der Waals surface area contributed by atoms with Crippen LogP contribution in [-0.2, 0) is 0 Å². The van der Waals surface area contributed by atoms with Crippen molar-refractivity contribution in [2.24, 2.45) is 5.92 Å². The first kappa shape index (κ1) is 32.8. The molecule has 0 radical (unpaired) electrons. The third-order valence-corrected chi connectivity index (χ3v) is 11.9. The van der Waals surface area contributed by atoms with Crippen molar-refractivity contribution in [1.29, 1.82) is 0 Å². The molecule has 12 rings (SSSR count). The Kier molecular flexibility index (Phi) is 7.42. The average Bonchev–Trinajstić information content (AvgIpc) is 3.88. The van der Waals surface area contributed by atoms with Crippen LogP contribution in [0.1, 0.15) is 41.2 Å². The van der Waals surface area contributed by atoms with E-state index >= 15 is 0 Å². The van der Waals surface area contributed by atoms with Gasteiger partial charge >= 0.3 is 0 Å². The summed E-state index contributed by atoms with van der Waals surface area (Å²) in [6, 6.07) is 44.4. The molecule has 0 saturated carbocycles. The van der Waals surface area contributed by atoms with E-state index in [1.165, 1.54) is 22.1 Å². The van der Waals surface area contributed by atoms with Crippen molar-refractivity contribution in [3.63, 3.8) is 0 Å². The van der Waals surface area contributed by atoms with Crippen molar-refractivity contribution < 1.29 is 8.83 Å². The lowest BCUT2D eigenvalue weighted by atomic mass is 9.75. The minimum atomic E-state index is 0.176. The van der Waals surface area contributed by atoms with E-state index < -0.39 is 0 Å². The van der Waals surface area contributed by atoms with Gasteiger partial charge in [-0.15, -0.1) is 0 Å². The van der Waals surface area contributed by atoms with Crippen LogP contribution in [0.4, 0.5) is 0 Å². The molecule has 0 amide bonds. The van der Waals surface area contributed by atoms with E-state index in [1.54, 1.807) is 0 Å². The molecular formula is C53H35N3O2. The lowest BCUT2D eigenvalue weighted by Crippen LogP contribution is -2.15. The third kappa shape index (κ3) is 5.35. The summed E-state index contributed by atoms with van der Waals surface area (Å²) < 4.78 is 13.4. The van der Waals surface area contributed by atoms with Crippen LogP contribution in [0.25, 0.3) is 89.0 Å². The van der Waals surface area contributed by atoms with Gasteiger partial charge in [-0.25, -0.2) is 15.0 Å². The number of fused-ring (bicyclic) bond motifs is 9. The van der Waals surface area contributed by atoms with E-state index in [0.29, 0.717) is 17.5 Å². The van der Waals surface area contributed by atoms with Crippen molar-refractivity contribution in [2.75, 3.05) is 0 Å². The number of nitrogens with zero attached hydrogens (tertiary/aromatic N) is 3. The summed E-state index contributed by atoms with van der Waals surface area (Å²) >= 11 is 0. The number of hydrogen-bond donors (Lipinski definition) is 0. The molecule has 2 unspecified atom stereocenters. The summed E-state index contributed by atoms with van der Waals surface area (Å²) in [6.45, 7) is 0. The Morgan fingerprint density at radius 3 is 2.09 bits per heavy atom. The van der Waals surface area contributed by atoms with E-state index in [2.05, 4.69) is 158 Å². The second-order valence-electron chi connectivity index (χ2n) is 15.4. The van der Waals surface area contributed by atoms with Gasteiger partial charge < -0.3 is 8.83 Å². The maximum atomic E-state index is 6.76. The molecule has 9 aromatic rings. The Bertz CT molecular complexity index is 3300. The van der Waals surface area contributed by atoms with Crippen molar-refractivity contribution in [2.45, 2.75) is 18.8 Å². The molecule has 3 heterocycles. The summed E-state index contributed by atoms with van der Waals surface area (Å²) in [7, 11) is 0. The van der Waals surface area contributed by atoms with Crippen LogP contribution in [0, 0.1) is 5.92 Å². The maximum Gasteiger partial charge on any atom is 0.164 e. The predicted molar refractivity (Wildman–Crippen MR) is 235 cm³/mol. The first-order valence-corrected chi connectivity index (χ1v) is 20.0. The minimum absolute atomic E-state index is 0.176. The van der Waals surface area contributed by atoms with Gasteiger partial charge in [-0.05, 0) is 70.6 Å². The Labute approximate surface area is 334 Å². The summed E-state index contributed by atoms with van der Waals surface area (Å²) in [4.78, 5) is 15.8. The molecule has 0 bridgehead atoms. The molecule has 3 aromatic heterocycles. The smallest absolute Gasteiger partial charge is 0.164 e. The van der Waals surface area contributed by atoms with Gasteiger partial charge in [0.15, 0.2) is 17.5 Å². The first-order chi connectivity index (χ1) is 28.7. The minimum Gasteiger partial charge on any atom is -0.456 e. The van der Waals surface area contributed by atoms with Crippen LogP contribution in [0.3, 0.4) is 0 Å². The zero-order valence-electron chi connectivity index (χ0n) is 31.5. The van der Waals surface area contributed by atoms with Crippen LogP contribution >= 0.6 is 0 Å². The van der Waals surface area contributed by atoms with Gasteiger partial charge in [0.05, 0.1) is 0 Å². The zero-order valence-corrected chi connectivity index (χ0v) is 31.5. The van der Waals surface area contributed by atoms with Crippen LogP contribution in [0.5, 0.6) is 0 Å². The largest absolute Gasteiger partial charge is 0.456 e. The molecule has 5 heteroatoms. The molecule has 0 aliphatic heterocycles. The molecule has 3 aliphatic rings. The van der Waals surface area contributed by atoms with Gasteiger partial charge in [0.1, 0.15) is 22.5 Å². The maximum absolute atomic E-state index is 6.76. The van der Waals surface area contributed by atoms with Gasteiger partial charge in [0, 0.05) is 55.8 Å².